The van der Waals surface area contributed by atoms with E-state index in [9.17, 15) is 0 Å². The fourth-order valence-electron chi connectivity index (χ4n) is 2.42. The lowest BCUT2D eigenvalue weighted by Gasteiger charge is -2.18. The van der Waals surface area contributed by atoms with Crippen LogP contribution in [0.25, 0.3) is 10.9 Å². The standard InChI is InChI=1S/C12H13ClN2/c1-8-3-2-4-9-11(13)10-7-14-5-6-15(10)12(8)9/h2-4,14H,5-7H2,1H3. The fourth-order valence-corrected chi connectivity index (χ4v) is 2.74. The minimum Gasteiger partial charge on any atom is -0.341 e. The van der Waals surface area contributed by atoms with Gasteiger partial charge in [0, 0.05) is 25.0 Å². The summed E-state index contributed by atoms with van der Waals surface area (Å²) in [7, 11) is 0. The minimum absolute atomic E-state index is 0.882. The molecule has 0 amide bonds. The summed E-state index contributed by atoms with van der Waals surface area (Å²) in [6.07, 6.45) is 0. The topological polar surface area (TPSA) is 17.0 Å². The Morgan fingerprint density at radius 2 is 2.27 bits per heavy atom. The highest BCUT2D eigenvalue weighted by Gasteiger charge is 2.18. The Bertz CT molecular complexity index is 528. The molecule has 78 valence electrons. The Kier molecular flexibility index (Phi) is 2.01. The summed E-state index contributed by atoms with van der Waals surface area (Å²) in [5.74, 6) is 0. The molecule has 15 heavy (non-hydrogen) atoms. The van der Waals surface area contributed by atoms with Gasteiger partial charge in [0.25, 0.3) is 0 Å². The lowest BCUT2D eigenvalue weighted by molar-refractivity contribution is 0.526. The molecule has 0 atom stereocenters. The summed E-state index contributed by atoms with van der Waals surface area (Å²) in [6.45, 7) is 5.08. The molecule has 0 fully saturated rings. The Hall–Kier alpha value is -0.990. The van der Waals surface area contributed by atoms with Gasteiger partial charge in [0.15, 0.2) is 0 Å². The van der Waals surface area contributed by atoms with Crippen LogP contribution in [0.4, 0.5) is 0 Å². The van der Waals surface area contributed by atoms with E-state index in [0.29, 0.717) is 0 Å². The summed E-state index contributed by atoms with van der Waals surface area (Å²) in [6, 6.07) is 6.33. The van der Waals surface area contributed by atoms with Gasteiger partial charge in [-0.25, -0.2) is 0 Å². The van der Waals surface area contributed by atoms with Crippen LogP contribution in [0.5, 0.6) is 0 Å². The first-order valence-corrected chi connectivity index (χ1v) is 5.64. The number of hydrogen-bond donors (Lipinski definition) is 1. The van der Waals surface area contributed by atoms with Crippen LogP contribution in [0.3, 0.4) is 0 Å². The first kappa shape index (κ1) is 9.25. The van der Waals surface area contributed by atoms with Crippen LogP contribution in [0, 0.1) is 6.92 Å². The van der Waals surface area contributed by atoms with Crippen LogP contribution in [-0.4, -0.2) is 11.1 Å². The lowest BCUT2D eigenvalue weighted by atomic mass is 10.2. The number of para-hydroxylation sites is 1. The van der Waals surface area contributed by atoms with E-state index in [-0.39, 0.29) is 0 Å². The number of rotatable bonds is 0. The highest BCUT2D eigenvalue weighted by atomic mass is 35.5. The van der Waals surface area contributed by atoms with Crippen molar-refractivity contribution in [2.24, 2.45) is 0 Å². The minimum atomic E-state index is 0.882. The molecule has 1 aromatic carbocycles. The molecule has 0 saturated heterocycles. The van der Waals surface area contributed by atoms with Crippen molar-refractivity contribution >= 4 is 22.5 Å². The first-order chi connectivity index (χ1) is 7.29. The highest BCUT2D eigenvalue weighted by molar-refractivity contribution is 6.36. The number of hydrogen-bond acceptors (Lipinski definition) is 1. The maximum atomic E-state index is 6.39. The van der Waals surface area contributed by atoms with E-state index < -0.39 is 0 Å². The van der Waals surface area contributed by atoms with Gasteiger partial charge in [0.1, 0.15) is 0 Å². The van der Waals surface area contributed by atoms with E-state index >= 15 is 0 Å². The second-order valence-corrected chi connectivity index (χ2v) is 4.44. The van der Waals surface area contributed by atoms with E-state index in [1.165, 1.54) is 22.2 Å². The molecule has 3 heteroatoms. The number of nitrogens with zero attached hydrogens (tertiary/aromatic N) is 1. The number of aryl methyl sites for hydroxylation is 1. The van der Waals surface area contributed by atoms with E-state index in [0.717, 1.165) is 24.7 Å². The van der Waals surface area contributed by atoms with Gasteiger partial charge in [-0.2, -0.15) is 0 Å². The molecule has 2 heterocycles. The number of benzene rings is 1. The highest BCUT2D eigenvalue weighted by Crippen LogP contribution is 2.33. The van der Waals surface area contributed by atoms with Crippen LogP contribution in [-0.2, 0) is 13.1 Å². The third-order valence-electron chi connectivity index (χ3n) is 3.13. The maximum absolute atomic E-state index is 6.39. The van der Waals surface area contributed by atoms with E-state index in [1.807, 2.05) is 0 Å². The summed E-state index contributed by atoms with van der Waals surface area (Å²) < 4.78 is 2.35. The summed E-state index contributed by atoms with van der Waals surface area (Å²) in [4.78, 5) is 0. The van der Waals surface area contributed by atoms with Crippen LogP contribution in [0.15, 0.2) is 18.2 Å². The average Bonchev–Trinajstić information content (AvgIpc) is 2.55. The quantitative estimate of drug-likeness (QED) is 0.723. The van der Waals surface area contributed by atoms with E-state index in [4.69, 9.17) is 11.6 Å². The Balaban J connectivity index is 2.44. The zero-order valence-corrected chi connectivity index (χ0v) is 9.43. The number of fused-ring (bicyclic) bond motifs is 3. The zero-order chi connectivity index (χ0) is 10.4. The smallest absolute Gasteiger partial charge is 0.0707 e. The van der Waals surface area contributed by atoms with E-state index in [2.05, 4.69) is 35.0 Å². The number of nitrogens with one attached hydrogen (secondary N) is 1. The fraction of sp³-hybridized carbons (Fsp3) is 0.333. The van der Waals surface area contributed by atoms with Crippen molar-refractivity contribution in [2.45, 2.75) is 20.0 Å². The lowest BCUT2D eigenvalue weighted by Crippen LogP contribution is -2.27. The predicted octanol–water partition coefficient (Wildman–Crippen LogP) is 2.71. The van der Waals surface area contributed by atoms with Crippen LogP contribution in [0.2, 0.25) is 5.02 Å². The third-order valence-corrected chi connectivity index (χ3v) is 3.55. The van der Waals surface area contributed by atoms with Gasteiger partial charge in [0.05, 0.1) is 16.2 Å². The molecule has 1 N–H and O–H groups in total. The zero-order valence-electron chi connectivity index (χ0n) is 8.68. The normalized spacial score (nSPS) is 15.6. The SMILES string of the molecule is Cc1cccc2c(Cl)c3n(c12)CCNC3. The Labute approximate surface area is 93.8 Å². The third kappa shape index (κ3) is 1.22. The largest absolute Gasteiger partial charge is 0.341 e. The van der Waals surface area contributed by atoms with Crippen molar-refractivity contribution in [3.63, 3.8) is 0 Å². The second-order valence-electron chi connectivity index (χ2n) is 4.06. The van der Waals surface area contributed by atoms with Gasteiger partial charge in [-0.1, -0.05) is 29.8 Å². The van der Waals surface area contributed by atoms with Gasteiger partial charge in [-0.15, -0.1) is 0 Å². The van der Waals surface area contributed by atoms with Crippen molar-refractivity contribution in [2.75, 3.05) is 6.54 Å². The molecule has 2 nitrogen and oxygen atoms in total. The van der Waals surface area contributed by atoms with E-state index in [1.54, 1.807) is 0 Å². The van der Waals surface area contributed by atoms with Gasteiger partial charge >= 0.3 is 0 Å². The second kappa shape index (κ2) is 3.26. The van der Waals surface area contributed by atoms with Gasteiger partial charge in [-0.05, 0) is 12.5 Å². The average molecular weight is 221 g/mol. The monoisotopic (exact) mass is 220 g/mol. The summed E-state index contributed by atoms with van der Waals surface area (Å²) >= 11 is 6.39. The van der Waals surface area contributed by atoms with Gasteiger partial charge in [-0.3, -0.25) is 0 Å². The molecule has 1 aliphatic rings. The van der Waals surface area contributed by atoms with Crippen molar-refractivity contribution in [3.05, 3.63) is 34.5 Å². The molecule has 0 spiro atoms. The molecule has 0 radical (unpaired) electrons. The molecule has 3 rings (SSSR count). The molecule has 1 aliphatic heterocycles. The van der Waals surface area contributed by atoms with Crippen molar-refractivity contribution in [1.82, 2.24) is 9.88 Å². The van der Waals surface area contributed by atoms with Crippen LogP contribution >= 0.6 is 11.6 Å². The van der Waals surface area contributed by atoms with Crippen LogP contribution < -0.4 is 5.32 Å². The summed E-state index contributed by atoms with van der Waals surface area (Å²) in [5, 5.41) is 5.46. The van der Waals surface area contributed by atoms with Crippen molar-refractivity contribution in [3.8, 4) is 0 Å². The van der Waals surface area contributed by atoms with Crippen LogP contribution in [0.1, 0.15) is 11.3 Å². The summed E-state index contributed by atoms with van der Waals surface area (Å²) in [5.41, 5.74) is 3.84. The molecular weight excluding hydrogens is 208 g/mol. The molecule has 0 aliphatic carbocycles. The molecule has 0 saturated carbocycles. The number of aromatic nitrogens is 1. The molecular formula is C12H13ClN2. The van der Waals surface area contributed by atoms with Gasteiger partial charge in [0.2, 0.25) is 0 Å². The molecule has 0 unspecified atom stereocenters. The molecule has 1 aromatic heterocycles. The van der Waals surface area contributed by atoms with Crippen molar-refractivity contribution < 1.29 is 0 Å². The Morgan fingerprint density at radius 1 is 1.40 bits per heavy atom. The molecule has 2 aromatic rings. The maximum Gasteiger partial charge on any atom is 0.0707 e. The van der Waals surface area contributed by atoms with Gasteiger partial charge < -0.3 is 9.88 Å². The molecule has 0 bridgehead atoms. The Morgan fingerprint density at radius 3 is 3.13 bits per heavy atom. The first-order valence-electron chi connectivity index (χ1n) is 5.26. The van der Waals surface area contributed by atoms with Crippen molar-refractivity contribution in [1.29, 1.82) is 0 Å². The predicted molar refractivity (Wildman–Crippen MR) is 63.4 cm³/mol. The number of halogens is 1.